The molecule has 1 aliphatic carbocycles. The first kappa shape index (κ1) is 12.8. The first-order chi connectivity index (χ1) is 9.03. The number of anilines is 1. The van der Waals surface area contributed by atoms with Crippen LogP contribution in [0, 0.1) is 10.1 Å². The predicted molar refractivity (Wildman–Crippen MR) is 73.3 cm³/mol. The van der Waals surface area contributed by atoms with Gasteiger partial charge in [-0.05, 0) is 51.7 Å². The van der Waals surface area contributed by atoms with Gasteiger partial charge >= 0.3 is 5.82 Å². The second-order valence-electron chi connectivity index (χ2n) is 5.04. The van der Waals surface area contributed by atoms with Gasteiger partial charge in [-0.25, -0.2) is 0 Å². The van der Waals surface area contributed by atoms with E-state index in [9.17, 15) is 10.1 Å². The topological polar surface area (TPSA) is 68.5 Å². The summed E-state index contributed by atoms with van der Waals surface area (Å²) in [6.07, 6.45) is 3.51. The van der Waals surface area contributed by atoms with Gasteiger partial charge in [0.25, 0.3) is 0 Å². The van der Waals surface area contributed by atoms with Crippen molar-refractivity contribution in [2.75, 3.05) is 18.1 Å². The molecule has 1 saturated heterocycles. The average Bonchev–Trinajstić information content (AvgIpc) is 3.13. The van der Waals surface area contributed by atoms with Crippen LogP contribution in [-0.4, -0.2) is 34.7 Å². The molecule has 102 valence electrons. The second kappa shape index (κ2) is 4.42. The number of ether oxygens (including phenoxy) is 1. The van der Waals surface area contributed by atoms with Crippen LogP contribution in [0.5, 0.6) is 0 Å². The molecule has 6 nitrogen and oxygen atoms in total. The van der Waals surface area contributed by atoms with Gasteiger partial charge < -0.3 is 19.8 Å². The van der Waals surface area contributed by atoms with Crippen molar-refractivity contribution >= 4 is 27.4 Å². The Morgan fingerprint density at radius 2 is 2.37 bits per heavy atom. The lowest BCUT2D eigenvalue weighted by molar-refractivity contribution is -0.388. The number of aromatic nitrogens is 1. The first-order valence-corrected chi connectivity index (χ1v) is 7.03. The summed E-state index contributed by atoms with van der Waals surface area (Å²) in [5.74, 6) is -0.0900. The van der Waals surface area contributed by atoms with Crippen LogP contribution in [-0.2, 0) is 4.74 Å². The van der Waals surface area contributed by atoms with E-state index in [1.54, 1.807) is 6.07 Å². The Labute approximate surface area is 119 Å². The molecule has 0 amide bonds. The summed E-state index contributed by atoms with van der Waals surface area (Å²) in [5.41, 5.74) is 0.468. The molecule has 7 heteroatoms. The summed E-state index contributed by atoms with van der Waals surface area (Å²) in [4.78, 5) is 16.7. The van der Waals surface area contributed by atoms with E-state index >= 15 is 0 Å². The van der Waals surface area contributed by atoms with E-state index in [2.05, 4.69) is 27.8 Å². The number of nitrogens with zero attached hydrogens (tertiary/aromatic N) is 3. The molecule has 1 aromatic heterocycles. The lowest BCUT2D eigenvalue weighted by Gasteiger charge is -2.40. The Hall–Kier alpha value is -1.21. The summed E-state index contributed by atoms with van der Waals surface area (Å²) in [6.45, 7) is 3.33. The highest BCUT2D eigenvalue weighted by atomic mass is 79.9. The molecular formula is C12H14BrN3O3. The highest BCUT2D eigenvalue weighted by Crippen LogP contribution is 2.48. The maximum atomic E-state index is 11.1. The largest absolute Gasteiger partial charge is 0.387 e. The van der Waals surface area contributed by atoms with Crippen molar-refractivity contribution in [2.45, 2.75) is 31.4 Å². The molecule has 2 heterocycles. The highest BCUT2D eigenvalue weighted by Gasteiger charge is 2.53. The SMILES string of the molecule is C[C@@H]1N(c2cc(Br)cnc2[N+](=O)[O-])CCOC12CC2. The smallest absolute Gasteiger partial charge is 0.371 e. The molecule has 1 aliphatic heterocycles. The number of hydrogen-bond acceptors (Lipinski definition) is 5. The fourth-order valence-electron chi connectivity index (χ4n) is 2.73. The Morgan fingerprint density at radius 3 is 3.00 bits per heavy atom. The van der Waals surface area contributed by atoms with Gasteiger partial charge in [-0.1, -0.05) is 0 Å². The monoisotopic (exact) mass is 327 g/mol. The van der Waals surface area contributed by atoms with Gasteiger partial charge in [0.15, 0.2) is 6.20 Å². The first-order valence-electron chi connectivity index (χ1n) is 6.24. The molecule has 1 spiro atoms. The fourth-order valence-corrected chi connectivity index (χ4v) is 3.05. The molecule has 2 fully saturated rings. The Balaban J connectivity index is 2.00. The molecule has 0 N–H and O–H groups in total. The molecule has 1 saturated carbocycles. The van der Waals surface area contributed by atoms with Crippen molar-refractivity contribution in [1.82, 2.24) is 4.98 Å². The average molecular weight is 328 g/mol. The van der Waals surface area contributed by atoms with Gasteiger partial charge in [-0.2, -0.15) is 0 Å². The third kappa shape index (κ3) is 2.10. The van der Waals surface area contributed by atoms with Crippen molar-refractivity contribution < 1.29 is 9.66 Å². The summed E-state index contributed by atoms with van der Waals surface area (Å²) < 4.78 is 6.57. The van der Waals surface area contributed by atoms with E-state index in [-0.39, 0.29) is 17.5 Å². The van der Waals surface area contributed by atoms with Crippen molar-refractivity contribution in [2.24, 2.45) is 0 Å². The molecule has 0 aromatic carbocycles. The van der Waals surface area contributed by atoms with E-state index in [1.165, 1.54) is 6.20 Å². The zero-order chi connectivity index (χ0) is 13.6. The Bertz CT molecular complexity index is 533. The summed E-state index contributed by atoms with van der Waals surface area (Å²) in [7, 11) is 0. The van der Waals surface area contributed by atoms with E-state index in [4.69, 9.17) is 4.74 Å². The van der Waals surface area contributed by atoms with Crippen molar-refractivity contribution in [3.05, 3.63) is 26.9 Å². The van der Waals surface area contributed by atoms with E-state index in [0.29, 0.717) is 18.8 Å². The zero-order valence-electron chi connectivity index (χ0n) is 10.5. The van der Waals surface area contributed by atoms with Crippen LogP contribution in [0.15, 0.2) is 16.7 Å². The summed E-state index contributed by atoms with van der Waals surface area (Å²) in [6, 6.07) is 1.90. The van der Waals surface area contributed by atoms with Gasteiger partial charge in [0.2, 0.25) is 0 Å². The normalized spacial score (nSPS) is 24.5. The van der Waals surface area contributed by atoms with Gasteiger partial charge in [0.1, 0.15) is 5.69 Å². The molecule has 0 bridgehead atoms. The maximum Gasteiger partial charge on any atom is 0.387 e. The molecule has 1 atom stereocenters. The third-order valence-electron chi connectivity index (χ3n) is 3.99. The summed E-state index contributed by atoms with van der Waals surface area (Å²) in [5, 5.41) is 11.1. The summed E-state index contributed by atoms with van der Waals surface area (Å²) >= 11 is 3.33. The number of hydrogen-bond donors (Lipinski definition) is 0. The van der Waals surface area contributed by atoms with Crippen LogP contribution in [0.4, 0.5) is 11.5 Å². The number of rotatable bonds is 2. The van der Waals surface area contributed by atoms with Crippen LogP contribution in [0.3, 0.4) is 0 Å². The second-order valence-corrected chi connectivity index (χ2v) is 5.95. The third-order valence-corrected chi connectivity index (χ3v) is 4.42. The van der Waals surface area contributed by atoms with Gasteiger partial charge in [-0.15, -0.1) is 0 Å². The van der Waals surface area contributed by atoms with Crippen LogP contribution < -0.4 is 4.90 Å². The number of pyridine rings is 1. The molecule has 1 aromatic rings. The molecule has 0 radical (unpaired) electrons. The minimum atomic E-state index is -0.427. The lowest BCUT2D eigenvalue weighted by Crippen LogP contribution is -2.51. The molecule has 2 aliphatic rings. The molecule has 3 rings (SSSR count). The van der Waals surface area contributed by atoms with Crippen molar-refractivity contribution in [3.63, 3.8) is 0 Å². The number of morpholine rings is 1. The fraction of sp³-hybridized carbons (Fsp3) is 0.583. The predicted octanol–water partition coefficient (Wildman–Crippen LogP) is 2.51. The van der Waals surface area contributed by atoms with E-state index in [1.807, 2.05) is 4.90 Å². The number of halogens is 1. The van der Waals surface area contributed by atoms with Gasteiger partial charge in [0, 0.05) is 6.54 Å². The van der Waals surface area contributed by atoms with Gasteiger partial charge in [-0.3, -0.25) is 0 Å². The minimum absolute atomic E-state index is 0.0900. The molecular weight excluding hydrogens is 314 g/mol. The van der Waals surface area contributed by atoms with Crippen LogP contribution in [0.1, 0.15) is 19.8 Å². The molecule has 0 unspecified atom stereocenters. The van der Waals surface area contributed by atoms with E-state index < -0.39 is 4.92 Å². The zero-order valence-corrected chi connectivity index (χ0v) is 12.1. The lowest BCUT2D eigenvalue weighted by atomic mass is 10.1. The van der Waals surface area contributed by atoms with E-state index in [0.717, 1.165) is 17.3 Å². The Morgan fingerprint density at radius 1 is 1.63 bits per heavy atom. The van der Waals surface area contributed by atoms with Crippen molar-refractivity contribution in [3.8, 4) is 0 Å². The molecule has 19 heavy (non-hydrogen) atoms. The van der Waals surface area contributed by atoms with Crippen LogP contribution in [0.25, 0.3) is 0 Å². The van der Waals surface area contributed by atoms with Crippen molar-refractivity contribution in [1.29, 1.82) is 0 Å². The highest BCUT2D eigenvalue weighted by molar-refractivity contribution is 9.10. The standard InChI is InChI=1S/C12H14BrN3O3/c1-8-12(2-3-12)19-5-4-15(8)10-6-9(13)7-14-11(10)16(17)18/h6-8H,2-5H2,1H3/t8-/m0/s1. The Kier molecular flexibility index (Phi) is 2.98. The van der Waals surface area contributed by atoms with Gasteiger partial charge in [0.05, 0.1) is 22.7 Å². The van der Waals surface area contributed by atoms with Crippen LogP contribution >= 0.6 is 15.9 Å². The maximum absolute atomic E-state index is 11.1. The van der Waals surface area contributed by atoms with Crippen LogP contribution in [0.2, 0.25) is 0 Å². The minimum Gasteiger partial charge on any atom is -0.371 e. The number of nitro groups is 1. The quantitative estimate of drug-likeness (QED) is 0.616.